The Labute approximate surface area is 136 Å². The molecule has 0 aromatic carbocycles. The van der Waals surface area contributed by atoms with Crippen molar-refractivity contribution in [2.24, 2.45) is 5.92 Å². The number of piperidine rings is 1. The zero-order valence-corrected chi connectivity index (χ0v) is 13.3. The average molecular weight is 313 g/mol. The highest BCUT2D eigenvalue weighted by Crippen LogP contribution is 2.39. The van der Waals surface area contributed by atoms with Crippen LogP contribution in [0.25, 0.3) is 0 Å². The number of nitrogens with one attached hydrogen (secondary N) is 1. The summed E-state index contributed by atoms with van der Waals surface area (Å²) in [7, 11) is 0. The highest BCUT2D eigenvalue weighted by Gasteiger charge is 2.45. The number of fused-ring (bicyclic) bond motifs is 2. The molecule has 2 amide bonds. The van der Waals surface area contributed by atoms with Gasteiger partial charge in [0.15, 0.2) is 0 Å². The first-order chi connectivity index (χ1) is 11.2. The average Bonchev–Trinajstić information content (AvgIpc) is 2.78. The van der Waals surface area contributed by atoms with E-state index >= 15 is 0 Å². The van der Waals surface area contributed by atoms with E-state index in [1.807, 2.05) is 0 Å². The molecule has 2 saturated heterocycles. The van der Waals surface area contributed by atoms with Crippen LogP contribution < -0.4 is 5.32 Å². The second-order valence-corrected chi connectivity index (χ2v) is 7.14. The number of carbonyl (C=O) groups excluding carboxylic acids is 2. The highest BCUT2D eigenvalue weighted by atomic mass is 16.2. The van der Waals surface area contributed by atoms with Crippen molar-refractivity contribution < 1.29 is 9.59 Å². The molecule has 3 aliphatic rings. The molecule has 122 valence electrons. The summed E-state index contributed by atoms with van der Waals surface area (Å²) in [6.45, 7) is 0. The van der Waals surface area contributed by atoms with Crippen molar-refractivity contribution in [1.29, 1.82) is 0 Å². The van der Waals surface area contributed by atoms with Gasteiger partial charge in [-0.2, -0.15) is 0 Å². The number of pyridine rings is 1. The van der Waals surface area contributed by atoms with E-state index in [2.05, 4.69) is 15.2 Å². The summed E-state index contributed by atoms with van der Waals surface area (Å²) < 4.78 is 0. The first-order valence-corrected chi connectivity index (χ1v) is 8.75. The van der Waals surface area contributed by atoms with Crippen LogP contribution in [0.5, 0.6) is 0 Å². The molecule has 1 aromatic heterocycles. The summed E-state index contributed by atoms with van der Waals surface area (Å²) in [5, 5.41) is 3.15. The van der Waals surface area contributed by atoms with Gasteiger partial charge in [0.1, 0.15) is 0 Å². The zero-order chi connectivity index (χ0) is 15.8. The summed E-state index contributed by atoms with van der Waals surface area (Å²) in [6, 6.07) is 4.30. The molecule has 2 unspecified atom stereocenters. The van der Waals surface area contributed by atoms with Gasteiger partial charge in [-0.05, 0) is 50.7 Å². The van der Waals surface area contributed by atoms with E-state index in [1.54, 1.807) is 24.5 Å². The molecule has 4 rings (SSSR count). The predicted octanol–water partition coefficient (Wildman–Crippen LogP) is 2.13. The largest absolute Gasteiger partial charge is 0.349 e. The normalized spacial score (nSPS) is 29.9. The fraction of sp³-hybridized carbons (Fsp3) is 0.611. The summed E-state index contributed by atoms with van der Waals surface area (Å²) in [4.78, 5) is 31.0. The van der Waals surface area contributed by atoms with Gasteiger partial charge in [0.05, 0.1) is 0 Å². The molecule has 1 N–H and O–H groups in total. The van der Waals surface area contributed by atoms with Gasteiger partial charge < -0.3 is 10.2 Å². The second kappa shape index (κ2) is 5.95. The lowest BCUT2D eigenvalue weighted by Crippen LogP contribution is -2.54. The maximum atomic E-state index is 12.6. The molecule has 3 fully saturated rings. The Bertz CT molecular complexity index is 586. The number of carbonyl (C=O) groups is 2. The topological polar surface area (TPSA) is 62.3 Å². The second-order valence-electron chi connectivity index (χ2n) is 7.14. The van der Waals surface area contributed by atoms with Gasteiger partial charge in [0, 0.05) is 42.0 Å². The standard InChI is InChI=1S/C18H23N3O2/c22-17(12-6-8-19-9-7-12)20-14-10-15-4-5-16(11-14)21(15)18(23)13-2-1-3-13/h6-9,13-16H,1-5,10-11H2,(H,20,22). The van der Waals surface area contributed by atoms with Crippen LogP contribution in [0.15, 0.2) is 24.5 Å². The predicted molar refractivity (Wildman–Crippen MR) is 85.7 cm³/mol. The lowest BCUT2D eigenvalue weighted by molar-refractivity contribution is -0.143. The number of rotatable bonds is 3. The molecule has 0 spiro atoms. The van der Waals surface area contributed by atoms with Gasteiger partial charge in [-0.25, -0.2) is 0 Å². The lowest BCUT2D eigenvalue weighted by Gasteiger charge is -2.42. The van der Waals surface area contributed by atoms with Crippen molar-refractivity contribution in [2.45, 2.75) is 63.1 Å². The number of amides is 2. The molecule has 2 atom stereocenters. The van der Waals surface area contributed by atoms with Crippen LogP contribution in [0.1, 0.15) is 55.3 Å². The maximum Gasteiger partial charge on any atom is 0.251 e. The van der Waals surface area contributed by atoms with E-state index in [-0.39, 0.29) is 17.9 Å². The van der Waals surface area contributed by atoms with E-state index in [0.717, 1.165) is 38.5 Å². The Morgan fingerprint density at radius 2 is 1.70 bits per heavy atom. The van der Waals surface area contributed by atoms with Crippen LogP contribution >= 0.6 is 0 Å². The van der Waals surface area contributed by atoms with E-state index in [0.29, 0.717) is 23.6 Å². The first kappa shape index (κ1) is 14.7. The van der Waals surface area contributed by atoms with Crippen LogP contribution in [0.3, 0.4) is 0 Å². The fourth-order valence-electron chi connectivity index (χ4n) is 4.29. The van der Waals surface area contributed by atoms with E-state index in [4.69, 9.17) is 0 Å². The third-order valence-corrected chi connectivity index (χ3v) is 5.72. The number of nitrogens with zero attached hydrogens (tertiary/aromatic N) is 2. The van der Waals surface area contributed by atoms with Crippen molar-refractivity contribution in [3.05, 3.63) is 30.1 Å². The van der Waals surface area contributed by atoms with Gasteiger partial charge >= 0.3 is 0 Å². The van der Waals surface area contributed by atoms with Gasteiger partial charge in [-0.3, -0.25) is 14.6 Å². The van der Waals surface area contributed by atoms with E-state index in [9.17, 15) is 9.59 Å². The molecule has 2 bridgehead atoms. The molecule has 5 heteroatoms. The van der Waals surface area contributed by atoms with E-state index < -0.39 is 0 Å². The third-order valence-electron chi connectivity index (χ3n) is 5.72. The Kier molecular flexibility index (Phi) is 3.79. The number of hydrogen-bond donors (Lipinski definition) is 1. The quantitative estimate of drug-likeness (QED) is 0.930. The van der Waals surface area contributed by atoms with Crippen LogP contribution in [0.4, 0.5) is 0 Å². The van der Waals surface area contributed by atoms with Crippen molar-refractivity contribution in [3.8, 4) is 0 Å². The van der Waals surface area contributed by atoms with Crippen LogP contribution in [0.2, 0.25) is 0 Å². The molecular formula is C18H23N3O2. The molecular weight excluding hydrogens is 290 g/mol. The third kappa shape index (κ3) is 2.73. The Morgan fingerprint density at radius 3 is 2.26 bits per heavy atom. The molecule has 1 saturated carbocycles. The molecule has 1 aliphatic carbocycles. The molecule has 5 nitrogen and oxygen atoms in total. The molecule has 3 heterocycles. The minimum atomic E-state index is -0.0319. The summed E-state index contributed by atoms with van der Waals surface area (Å²) in [6.07, 6.45) is 10.6. The minimum absolute atomic E-state index is 0.0319. The smallest absolute Gasteiger partial charge is 0.251 e. The Morgan fingerprint density at radius 1 is 1.04 bits per heavy atom. The first-order valence-electron chi connectivity index (χ1n) is 8.75. The highest BCUT2D eigenvalue weighted by molar-refractivity contribution is 5.94. The molecule has 2 aliphatic heterocycles. The van der Waals surface area contributed by atoms with Gasteiger partial charge in [0.25, 0.3) is 5.91 Å². The maximum absolute atomic E-state index is 12.6. The zero-order valence-electron chi connectivity index (χ0n) is 13.3. The van der Waals surface area contributed by atoms with Crippen LogP contribution in [-0.4, -0.2) is 39.8 Å². The van der Waals surface area contributed by atoms with Crippen molar-refractivity contribution in [3.63, 3.8) is 0 Å². The van der Waals surface area contributed by atoms with Gasteiger partial charge in [-0.15, -0.1) is 0 Å². The van der Waals surface area contributed by atoms with Crippen LogP contribution in [0, 0.1) is 5.92 Å². The number of aromatic nitrogens is 1. The number of hydrogen-bond acceptors (Lipinski definition) is 3. The van der Waals surface area contributed by atoms with Crippen molar-refractivity contribution in [2.75, 3.05) is 0 Å². The monoisotopic (exact) mass is 313 g/mol. The van der Waals surface area contributed by atoms with Crippen molar-refractivity contribution in [1.82, 2.24) is 15.2 Å². The van der Waals surface area contributed by atoms with Gasteiger partial charge in [-0.1, -0.05) is 6.42 Å². The van der Waals surface area contributed by atoms with Crippen molar-refractivity contribution >= 4 is 11.8 Å². The minimum Gasteiger partial charge on any atom is -0.349 e. The fourth-order valence-corrected chi connectivity index (χ4v) is 4.29. The van der Waals surface area contributed by atoms with Gasteiger partial charge in [0.2, 0.25) is 5.91 Å². The Hall–Kier alpha value is -1.91. The molecule has 23 heavy (non-hydrogen) atoms. The summed E-state index contributed by atoms with van der Waals surface area (Å²) in [5.41, 5.74) is 0.653. The Balaban J connectivity index is 1.39. The van der Waals surface area contributed by atoms with E-state index in [1.165, 1.54) is 6.42 Å². The summed E-state index contributed by atoms with van der Waals surface area (Å²) in [5.74, 6) is 0.624. The summed E-state index contributed by atoms with van der Waals surface area (Å²) >= 11 is 0. The SMILES string of the molecule is O=C(NC1CC2CCC(C1)N2C(=O)C1CCC1)c1ccncc1. The lowest BCUT2D eigenvalue weighted by atomic mass is 9.83. The van der Waals surface area contributed by atoms with Crippen LogP contribution in [-0.2, 0) is 4.79 Å². The molecule has 1 aromatic rings. The molecule has 0 radical (unpaired) electrons.